The van der Waals surface area contributed by atoms with Crippen LogP contribution in [0.3, 0.4) is 0 Å². The van der Waals surface area contributed by atoms with E-state index in [1.54, 1.807) is 24.3 Å². The van der Waals surface area contributed by atoms with Crippen LogP contribution in [0.25, 0.3) is 0 Å². The van der Waals surface area contributed by atoms with Crippen LogP contribution in [0.15, 0.2) is 24.3 Å². The molecule has 0 aliphatic carbocycles. The summed E-state index contributed by atoms with van der Waals surface area (Å²) >= 11 is 0. The molecule has 0 fully saturated rings. The number of carbonyl (C=O) groups excluding carboxylic acids is 2. The van der Waals surface area contributed by atoms with Crippen LogP contribution >= 0.6 is 0 Å². The fourth-order valence-corrected chi connectivity index (χ4v) is 1.89. The van der Waals surface area contributed by atoms with Gasteiger partial charge in [-0.1, -0.05) is 19.9 Å². The first kappa shape index (κ1) is 17.2. The summed E-state index contributed by atoms with van der Waals surface area (Å²) in [7, 11) is 0. The average Bonchev–Trinajstić information content (AvgIpc) is 2.43. The molecule has 21 heavy (non-hydrogen) atoms. The summed E-state index contributed by atoms with van der Waals surface area (Å²) in [5.74, 6) is -0.331. The summed E-state index contributed by atoms with van der Waals surface area (Å²) in [6, 6.07) is 6.82. The lowest BCUT2D eigenvalue weighted by Gasteiger charge is -2.21. The topological polar surface area (TPSA) is 78.4 Å². The summed E-state index contributed by atoms with van der Waals surface area (Å²) in [5.41, 5.74) is 1.01. The largest absolute Gasteiger partial charge is 0.396 e. The predicted octanol–water partition coefficient (Wildman–Crippen LogP) is 2.17. The van der Waals surface area contributed by atoms with Crippen molar-refractivity contribution >= 4 is 17.5 Å². The summed E-state index contributed by atoms with van der Waals surface area (Å²) in [4.78, 5) is 23.0. The van der Waals surface area contributed by atoms with Crippen LogP contribution in [-0.2, 0) is 4.79 Å². The highest BCUT2D eigenvalue weighted by molar-refractivity contribution is 5.96. The second-order valence-corrected chi connectivity index (χ2v) is 5.94. The van der Waals surface area contributed by atoms with Gasteiger partial charge in [-0.2, -0.15) is 0 Å². The van der Waals surface area contributed by atoms with Crippen LogP contribution < -0.4 is 10.6 Å². The van der Waals surface area contributed by atoms with Gasteiger partial charge in [0.2, 0.25) is 5.91 Å². The van der Waals surface area contributed by atoms with Crippen LogP contribution in [0.2, 0.25) is 0 Å². The molecule has 0 saturated heterocycles. The zero-order chi connectivity index (χ0) is 15.9. The Hall–Kier alpha value is -1.88. The van der Waals surface area contributed by atoms with Crippen molar-refractivity contribution in [1.29, 1.82) is 0 Å². The van der Waals surface area contributed by atoms with Crippen LogP contribution in [0.5, 0.6) is 0 Å². The van der Waals surface area contributed by atoms with Crippen molar-refractivity contribution in [2.24, 2.45) is 5.41 Å². The van der Waals surface area contributed by atoms with Gasteiger partial charge >= 0.3 is 0 Å². The number of aliphatic hydroxyl groups is 1. The molecule has 0 bridgehead atoms. The Bertz CT molecular complexity index is 498. The van der Waals surface area contributed by atoms with Gasteiger partial charge in [-0.25, -0.2) is 0 Å². The van der Waals surface area contributed by atoms with Gasteiger partial charge in [0.1, 0.15) is 0 Å². The van der Waals surface area contributed by atoms with Gasteiger partial charge in [0.05, 0.1) is 0 Å². The highest BCUT2D eigenvalue weighted by Gasteiger charge is 2.15. The third kappa shape index (κ3) is 6.40. The maximum Gasteiger partial charge on any atom is 0.251 e. The average molecular weight is 292 g/mol. The standard InChI is InChI=1S/C16H24N2O3/c1-12(20)18-14-7-4-6-13(10-14)15(21)17-9-5-8-16(2,3)11-19/h4,6-7,10,19H,5,8-9,11H2,1-3H3,(H,17,21)(H,18,20). The van der Waals surface area contributed by atoms with Crippen LogP contribution in [0, 0.1) is 5.41 Å². The monoisotopic (exact) mass is 292 g/mol. The lowest BCUT2D eigenvalue weighted by atomic mass is 9.89. The maximum atomic E-state index is 12.0. The molecule has 3 N–H and O–H groups in total. The van der Waals surface area contributed by atoms with Crippen LogP contribution in [0.4, 0.5) is 5.69 Å². The Morgan fingerprint density at radius 2 is 2.00 bits per heavy atom. The number of rotatable bonds is 7. The zero-order valence-electron chi connectivity index (χ0n) is 12.9. The number of nitrogens with one attached hydrogen (secondary N) is 2. The van der Waals surface area contributed by atoms with E-state index in [-0.39, 0.29) is 23.8 Å². The molecule has 0 aliphatic heterocycles. The molecule has 1 aromatic rings. The molecule has 5 heteroatoms. The maximum absolute atomic E-state index is 12.0. The Kier molecular flexibility index (Phi) is 6.37. The van der Waals surface area contributed by atoms with E-state index in [0.29, 0.717) is 17.8 Å². The second kappa shape index (κ2) is 7.78. The molecule has 0 saturated carbocycles. The molecule has 1 rings (SSSR count). The second-order valence-electron chi connectivity index (χ2n) is 5.94. The molecular weight excluding hydrogens is 268 g/mol. The van der Waals surface area contributed by atoms with E-state index in [1.807, 2.05) is 13.8 Å². The molecule has 0 aliphatic rings. The van der Waals surface area contributed by atoms with Crippen molar-refractivity contribution in [3.63, 3.8) is 0 Å². The van der Waals surface area contributed by atoms with E-state index in [2.05, 4.69) is 10.6 Å². The van der Waals surface area contributed by atoms with Crippen molar-refractivity contribution in [3.8, 4) is 0 Å². The summed E-state index contributed by atoms with van der Waals surface area (Å²) in [6.07, 6.45) is 1.65. The highest BCUT2D eigenvalue weighted by atomic mass is 16.3. The van der Waals surface area contributed by atoms with Crippen molar-refractivity contribution < 1.29 is 14.7 Å². The molecule has 1 aromatic carbocycles. The molecule has 0 heterocycles. The van der Waals surface area contributed by atoms with E-state index in [0.717, 1.165) is 12.8 Å². The normalized spacial score (nSPS) is 11.0. The number of amides is 2. The summed E-state index contributed by atoms with van der Waals surface area (Å²) in [6.45, 7) is 6.11. The van der Waals surface area contributed by atoms with Gasteiger partial charge in [0.15, 0.2) is 0 Å². The van der Waals surface area contributed by atoms with Gasteiger partial charge in [-0.15, -0.1) is 0 Å². The lowest BCUT2D eigenvalue weighted by Crippen LogP contribution is -2.26. The molecule has 0 atom stereocenters. The Labute approximate surface area is 125 Å². The molecule has 2 amide bonds. The highest BCUT2D eigenvalue weighted by Crippen LogP contribution is 2.20. The predicted molar refractivity (Wildman–Crippen MR) is 83.2 cm³/mol. The molecule has 5 nitrogen and oxygen atoms in total. The number of benzene rings is 1. The van der Waals surface area contributed by atoms with E-state index in [9.17, 15) is 9.59 Å². The molecule has 116 valence electrons. The SMILES string of the molecule is CC(=O)Nc1cccc(C(=O)NCCCC(C)(C)CO)c1. The Morgan fingerprint density at radius 3 is 2.62 bits per heavy atom. The van der Waals surface area contributed by atoms with Crippen molar-refractivity contribution in [1.82, 2.24) is 5.32 Å². The Morgan fingerprint density at radius 1 is 1.29 bits per heavy atom. The smallest absolute Gasteiger partial charge is 0.251 e. The minimum Gasteiger partial charge on any atom is -0.396 e. The first-order chi connectivity index (χ1) is 9.84. The zero-order valence-corrected chi connectivity index (χ0v) is 12.9. The van der Waals surface area contributed by atoms with Gasteiger partial charge in [0, 0.05) is 31.3 Å². The molecule has 0 spiro atoms. The number of hydrogen-bond acceptors (Lipinski definition) is 3. The van der Waals surface area contributed by atoms with Gasteiger partial charge < -0.3 is 15.7 Å². The molecule has 0 unspecified atom stereocenters. The van der Waals surface area contributed by atoms with Crippen molar-refractivity contribution in [3.05, 3.63) is 29.8 Å². The number of aliphatic hydroxyl groups excluding tert-OH is 1. The van der Waals surface area contributed by atoms with E-state index >= 15 is 0 Å². The number of anilines is 1. The fraction of sp³-hybridized carbons (Fsp3) is 0.500. The van der Waals surface area contributed by atoms with Gasteiger partial charge in [-0.3, -0.25) is 9.59 Å². The van der Waals surface area contributed by atoms with Crippen LogP contribution in [-0.4, -0.2) is 30.1 Å². The quantitative estimate of drug-likeness (QED) is 0.674. The third-order valence-electron chi connectivity index (χ3n) is 3.19. The summed E-state index contributed by atoms with van der Waals surface area (Å²) < 4.78 is 0. The van der Waals surface area contributed by atoms with Crippen molar-refractivity contribution in [2.75, 3.05) is 18.5 Å². The first-order valence-electron chi connectivity index (χ1n) is 7.11. The van der Waals surface area contributed by atoms with E-state index in [4.69, 9.17) is 5.11 Å². The Balaban J connectivity index is 2.47. The molecular formula is C16H24N2O3. The third-order valence-corrected chi connectivity index (χ3v) is 3.19. The minimum atomic E-state index is -0.168. The number of carbonyl (C=O) groups is 2. The minimum absolute atomic E-state index is 0.115. The van der Waals surface area contributed by atoms with Gasteiger partial charge in [-0.05, 0) is 36.5 Å². The van der Waals surface area contributed by atoms with Gasteiger partial charge in [0.25, 0.3) is 5.91 Å². The van der Waals surface area contributed by atoms with E-state index < -0.39 is 0 Å². The van der Waals surface area contributed by atoms with E-state index in [1.165, 1.54) is 6.92 Å². The molecule has 0 aromatic heterocycles. The summed E-state index contributed by atoms with van der Waals surface area (Å²) in [5, 5.41) is 14.7. The molecule has 0 radical (unpaired) electrons. The van der Waals surface area contributed by atoms with Crippen molar-refractivity contribution in [2.45, 2.75) is 33.6 Å². The number of hydrogen-bond donors (Lipinski definition) is 3. The van der Waals surface area contributed by atoms with Crippen LogP contribution in [0.1, 0.15) is 44.0 Å². The fourth-order valence-electron chi connectivity index (χ4n) is 1.89. The lowest BCUT2D eigenvalue weighted by molar-refractivity contribution is -0.114. The first-order valence-corrected chi connectivity index (χ1v) is 7.11.